The Morgan fingerprint density at radius 3 is 2.53 bits per heavy atom. The van der Waals surface area contributed by atoms with Crippen LogP contribution in [-0.4, -0.2) is 25.3 Å². The van der Waals surface area contributed by atoms with Gasteiger partial charge in [0.1, 0.15) is 6.10 Å². The van der Waals surface area contributed by atoms with Gasteiger partial charge in [-0.1, -0.05) is 34.4 Å². The van der Waals surface area contributed by atoms with Crippen LogP contribution in [0.3, 0.4) is 0 Å². The molecule has 1 aromatic carbocycles. The molecule has 1 aromatic heterocycles. The summed E-state index contributed by atoms with van der Waals surface area (Å²) in [4.78, 5) is 0. The Kier molecular flexibility index (Phi) is 3.46. The van der Waals surface area contributed by atoms with Gasteiger partial charge in [0.05, 0.1) is 6.54 Å². The van der Waals surface area contributed by atoms with Crippen LogP contribution in [-0.2, 0) is 6.54 Å². The number of anilines is 1. The number of rotatable bonds is 3. The number of hydrogen-bond acceptors (Lipinski definition) is 5. The number of halogens is 2. The Morgan fingerprint density at radius 1 is 1.35 bits per heavy atom. The second-order valence-electron chi connectivity index (χ2n) is 3.37. The van der Waals surface area contributed by atoms with Crippen molar-refractivity contribution in [3.05, 3.63) is 33.8 Å². The van der Waals surface area contributed by atoms with Gasteiger partial charge >= 0.3 is 0 Å². The van der Waals surface area contributed by atoms with Gasteiger partial charge in [-0.3, -0.25) is 0 Å². The molecule has 0 saturated heterocycles. The standard InChI is InChI=1S/C9H9Cl2N5O/c10-5-2-1-3-6(11)8(5)7(17)4-16-9(12)13-14-15-16/h1-3,7,17H,4H2,(H2,12,13,15)/t7-/m0/s1. The summed E-state index contributed by atoms with van der Waals surface area (Å²) in [5.41, 5.74) is 5.93. The first-order chi connectivity index (χ1) is 8.09. The van der Waals surface area contributed by atoms with Crippen LogP contribution in [0.15, 0.2) is 18.2 Å². The highest BCUT2D eigenvalue weighted by Gasteiger charge is 2.17. The minimum Gasteiger partial charge on any atom is -0.386 e. The van der Waals surface area contributed by atoms with Crippen LogP contribution >= 0.6 is 23.2 Å². The Bertz CT molecular complexity index is 510. The average molecular weight is 274 g/mol. The number of nitrogen functional groups attached to an aromatic ring is 1. The minimum atomic E-state index is -0.929. The van der Waals surface area contributed by atoms with Crippen molar-refractivity contribution < 1.29 is 5.11 Å². The Hall–Kier alpha value is -1.37. The highest BCUT2D eigenvalue weighted by atomic mass is 35.5. The van der Waals surface area contributed by atoms with E-state index in [1.807, 2.05) is 0 Å². The van der Waals surface area contributed by atoms with Gasteiger partial charge in [0.2, 0.25) is 5.95 Å². The van der Waals surface area contributed by atoms with Gasteiger partial charge in [-0.15, -0.1) is 0 Å². The molecule has 0 bridgehead atoms. The molecule has 8 heteroatoms. The summed E-state index contributed by atoms with van der Waals surface area (Å²) in [6, 6.07) is 5.00. The Balaban J connectivity index is 2.26. The van der Waals surface area contributed by atoms with Crippen LogP contribution in [0.5, 0.6) is 0 Å². The fraction of sp³-hybridized carbons (Fsp3) is 0.222. The molecule has 0 aliphatic rings. The van der Waals surface area contributed by atoms with Crippen LogP contribution < -0.4 is 5.73 Å². The van der Waals surface area contributed by atoms with E-state index < -0.39 is 6.10 Å². The molecular formula is C9H9Cl2N5O. The van der Waals surface area contributed by atoms with Crippen molar-refractivity contribution in [3.63, 3.8) is 0 Å². The van der Waals surface area contributed by atoms with Crippen LogP contribution in [0.4, 0.5) is 5.95 Å². The topological polar surface area (TPSA) is 89.9 Å². The lowest BCUT2D eigenvalue weighted by Crippen LogP contribution is -2.13. The average Bonchev–Trinajstić information content (AvgIpc) is 2.64. The first kappa shape index (κ1) is 12.1. The van der Waals surface area contributed by atoms with Gasteiger partial charge in [-0.2, -0.15) is 0 Å². The monoisotopic (exact) mass is 273 g/mol. The van der Waals surface area contributed by atoms with Gasteiger partial charge in [0, 0.05) is 15.6 Å². The summed E-state index contributed by atoms with van der Waals surface area (Å²) in [6.07, 6.45) is -0.929. The molecule has 0 aliphatic carbocycles. The molecule has 0 saturated carbocycles. The molecule has 17 heavy (non-hydrogen) atoms. The van der Waals surface area contributed by atoms with Gasteiger partial charge in [0.15, 0.2) is 0 Å². The molecule has 2 rings (SSSR count). The number of nitrogens with two attached hydrogens (primary N) is 1. The second kappa shape index (κ2) is 4.87. The summed E-state index contributed by atoms with van der Waals surface area (Å²) in [6.45, 7) is 0.0856. The molecule has 3 N–H and O–H groups in total. The zero-order chi connectivity index (χ0) is 12.4. The lowest BCUT2D eigenvalue weighted by molar-refractivity contribution is 0.151. The highest BCUT2D eigenvalue weighted by Crippen LogP contribution is 2.31. The summed E-state index contributed by atoms with van der Waals surface area (Å²) < 4.78 is 1.27. The van der Waals surface area contributed by atoms with Crippen LogP contribution in [0.2, 0.25) is 10.0 Å². The summed E-state index contributed by atoms with van der Waals surface area (Å²) in [5, 5.41) is 21.3. The molecule has 2 aromatic rings. The third-order valence-corrected chi connectivity index (χ3v) is 2.90. The smallest absolute Gasteiger partial charge is 0.240 e. The predicted octanol–water partition coefficient (Wildman–Crippen LogP) is 1.30. The van der Waals surface area contributed by atoms with Crippen molar-refractivity contribution in [2.45, 2.75) is 12.6 Å². The molecule has 0 radical (unpaired) electrons. The van der Waals surface area contributed by atoms with E-state index in [0.717, 1.165) is 0 Å². The zero-order valence-electron chi connectivity index (χ0n) is 8.59. The molecule has 6 nitrogen and oxygen atoms in total. The summed E-state index contributed by atoms with van der Waals surface area (Å²) in [7, 11) is 0. The van der Waals surface area contributed by atoms with Crippen LogP contribution in [0.25, 0.3) is 0 Å². The number of aliphatic hydroxyl groups is 1. The quantitative estimate of drug-likeness (QED) is 0.880. The van der Waals surface area contributed by atoms with E-state index in [9.17, 15) is 5.11 Å². The summed E-state index contributed by atoms with van der Waals surface area (Å²) >= 11 is 11.9. The van der Waals surface area contributed by atoms with Crippen LogP contribution in [0, 0.1) is 0 Å². The first-order valence-corrected chi connectivity index (χ1v) is 5.49. The van der Waals surface area contributed by atoms with Gasteiger partial charge in [-0.25, -0.2) is 4.68 Å². The maximum absolute atomic E-state index is 10.0. The van der Waals surface area contributed by atoms with Gasteiger partial charge < -0.3 is 10.8 Å². The predicted molar refractivity (Wildman–Crippen MR) is 63.7 cm³/mol. The Morgan fingerprint density at radius 2 is 2.00 bits per heavy atom. The number of tetrazole rings is 1. The molecular weight excluding hydrogens is 265 g/mol. The van der Waals surface area contributed by atoms with Crippen molar-refractivity contribution in [2.75, 3.05) is 5.73 Å². The SMILES string of the molecule is Nc1nnnn1C[C@H](O)c1c(Cl)cccc1Cl. The normalized spacial score (nSPS) is 12.6. The van der Waals surface area contributed by atoms with Crippen molar-refractivity contribution in [2.24, 2.45) is 0 Å². The first-order valence-electron chi connectivity index (χ1n) is 4.73. The number of aromatic nitrogens is 4. The molecule has 0 unspecified atom stereocenters. The molecule has 0 amide bonds. The second-order valence-corrected chi connectivity index (χ2v) is 4.18. The molecule has 1 atom stereocenters. The largest absolute Gasteiger partial charge is 0.386 e. The summed E-state index contributed by atoms with van der Waals surface area (Å²) in [5.74, 6) is 0.118. The number of hydrogen-bond donors (Lipinski definition) is 2. The minimum absolute atomic E-state index is 0.0856. The van der Waals surface area contributed by atoms with E-state index in [4.69, 9.17) is 28.9 Å². The molecule has 90 valence electrons. The fourth-order valence-electron chi connectivity index (χ4n) is 1.43. The van der Waals surface area contributed by atoms with Gasteiger partial charge in [-0.05, 0) is 22.6 Å². The third kappa shape index (κ3) is 2.49. The third-order valence-electron chi connectivity index (χ3n) is 2.24. The fourth-order valence-corrected chi connectivity index (χ4v) is 2.08. The maximum Gasteiger partial charge on any atom is 0.240 e. The lowest BCUT2D eigenvalue weighted by Gasteiger charge is -2.14. The molecule has 0 spiro atoms. The Labute approximate surface area is 107 Å². The number of aliphatic hydroxyl groups excluding tert-OH is 1. The van der Waals surface area contributed by atoms with Crippen molar-refractivity contribution in [3.8, 4) is 0 Å². The maximum atomic E-state index is 10.0. The van der Waals surface area contributed by atoms with E-state index in [2.05, 4.69) is 15.5 Å². The van der Waals surface area contributed by atoms with Crippen molar-refractivity contribution in [1.82, 2.24) is 20.2 Å². The molecule has 1 heterocycles. The lowest BCUT2D eigenvalue weighted by atomic mass is 10.1. The number of nitrogens with zero attached hydrogens (tertiary/aromatic N) is 4. The van der Waals surface area contributed by atoms with E-state index in [-0.39, 0.29) is 12.5 Å². The number of benzene rings is 1. The zero-order valence-corrected chi connectivity index (χ0v) is 10.1. The molecule has 0 aliphatic heterocycles. The van der Waals surface area contributed by atoms with E-state index in [0.29, 0.717) is 15.6 Å². The van der Waals surface area contributed by atoms with Crippen LogP contribution in [0.1, 0.15) is 11.7 Å². The van der Waals surface area contributed by atoms with Crippen molar-refractivity contribution >= 4 is 29.2 Å². The van der Waals surface area contributed by atoms with Crippen molar-refractivity contribution in [1.29, 1.82) is 0 Å². The molecule has 0 fully saturated rings. The van der Waals surface area contributed by atoms with E-state index >= 15 is 0 Å². The van der Waals surface area contributed by atoms with E-state index in [1.54, 1.807) is 18.2 Å². The van der Waals surface area contributed by atoms with Gasteiger partial charge in [0.25, 0.3) is 0 Å². The van der Waals surface area contributed by atoms with E-state index in [1.165, 1.54) is 4.68 Å². The highest BCUT2D eigenvalue weighted by molar-refractivity contribution is 6.36.